The first-order valence-electron chi connectivity index (χ1n) is 7.90. The fourth-order valence-electron chi connectivity index (χ4n) is 3.13. The molecule has 0 fully saturated rings. The summed E-state index contributed by atoms with van der Waals surface area (Å²) in [4.78, 5) is 25.1. The molecule has 0 radical (unpaired) electrons. The van der Waals surface area contributed by atoms with Gasteiger partial charge in [0.05, 0.1) is 0 Å². The maximum Gasteiger partial charge on any atom is 0.255 e. The Bertz CT molecular complexity index is 1040. The molecular weight excluding hydrogens is 317 g/mol. The van der Waals surface area contributed by atoms with Crippen molar-refractivity contribution in [2.45, 2.75) is 6.92 Å². The van der Waals surface area contributed by atoms with Crippen molar-refractivity contribution < 1.29 is 14.0 Å². The number of ketones is 1. The molecule has 0 aromatic heterocycles. The molecule has 0 spiro atoms. The van der Waals surface area contributed by atoms with Crippen LogP contribution in [0.5, 0.6) is 0 Å². The Balaban J connectivity index is 1.67. The summed E-state index contributed by atoms with van der Waals surface area (Å²) in [5.41, 5.74) is 4.50. The van der Waals surface area contributed by atoms with Gasteiger partial charge in [-0.25, -0.2) is 4.39 Å². The Hall–Kier alpha value is -3.27. The second kappa shape index (κ2) is 5.67. The van der Waals surface area contributed by atoms with Gasteiger partial charge in [-0.15, -0.1) is 0 Å². The zero-order chi connectivity index (χ0) is 17.6. The summed E-state index contributed by atoms with van der Waals surface area (Å²) in [6.07, 6.45) is 0. The summed E-state index contributed by atoms with van der Waals surface area (Å²) in [6.45, 7) is 1.72. The smallest absolute Gasteiger partial charge is 0.255 e. The van der Waals surface area contributed by atoms with Gasteiger partial charge in [0.25, 0.3) is 5.91 Å². The SMILES string of the molecule is Cc1cc(F)ccc1NC(=O)c1ccc2c(c1)C(=O)c1ccccc1-2. The lowest BCUT2D eigenvalue weighted by atomic mass is 10.0. The molecule has 1 N–H and O–H groups in total. The fraction of sp³-hybridized carbons (Fsp3) is 0.0476. The van der Waals surface area contributed by atoms with Gasteiger partial charge in [0.15, 0.2) is 5.78 Å². The molecule has 0 unspecified atom stereocenters. The van der Waals surface area contributed by atoms with Gasteiger partial charge in [0.1, 0.15) is 5.82 Å². The molecule has 1 aliphatic rings. The first-order valence-corrected chi connectivity index (χ1v) is 7.90. The van der Waals surface area contributed by atoms with Gasteiger partial charge >= 0.3 is 0 Å². The molecule has 4 rings (SSSR count). The molecule has 0 saturated heterocycles. The van der Waals surface area contributed by atoms with E-state index in [2.05, 4.69) is 5.32 Å². The molecule has 25 heavy (non-hydrogen) atoms. The molecule has 3 aromatic rings. The average molecular weight is 331 g/mol. The Morgan fingerprint density at radius 1 is 0.880 bits per heavy atom. The third-order valence-electron chi connectivity index (χ3n) is 4.42. The number of benzene rings is 3. The number of anilines is 1. The van der Waals surface area contributed by atoms with Gasteiger partial charge in [-0.05, 0) is 53.9 Å². The molecule has 122 valence electrons. The second-order valence-corrected chi connectivity index (χ2v) is 6.05. The van der Waals surface area contributed by atoms with E-state index in [0.29, 0.717) is 27.9 Å². The van der Waals surface area contributed by atoms with Crippen LogP contribution in [0.15, 0.2) is 60.7 Å². The van der Waals surface area contributed by atoms with E-state index < -0.39 is 0 Å². The van der Waals surface area contributed by atoms with Crippen LogP contribution in [0.2, 0.25) is 0 Å². The number of fused-ring (bicyclic) bond motifs is 3. The van der Waals surface area contributed by atoms with Gasteiger partial charge < -0.3 is 5.32 Å². The summed E-state index contributed by atoms with van der Waals surface area (Å²) < 4.78 is 13.2. The summed E-state index contributed by atoms with van der Waals surface area (Å²) >= 11 is 0. The van der Waals surface area contributed by atoms with Crippen LogP contribution in [0.1, 0.15) is 31.8 Å². The molecule has 3 nitrogen and oxygen atoms in total. The molecule has 3 aromatic carbocycles. The topological polar surface area (TPSA) is 46.2 Å². The van der Waals surface area contributed by atoms with E-state index in [1.807, 2.05) is 18.2 Å². The van der Waals surface area contributed by atoms with Crippen molar-refractivity contribution in [3.8, 4) is 11.1 Å². The number of aryl methyl sites for hydroxylation is 1. The number of halogens is 1. The minimum atomic E-state index is -0.351. The minimum absolute atomic E-state index is 0.0711. The first kappa shape index (κ1) is 15.3. The van der Waals surface area contributed by atoms with E-state index in [9.17, 15) is 14.0 Å². The third kappa shape index (κ3) is 2.52. The first-order chi connectivity index (χ1) is 12.0. The van der Waals surface area contributed by atoms with Crippen LogP contribution in [0.3, 0.4) is 0 Å². The highest BCUT2D eigenvalue weighted by molar-refractivity contribution is 6.22. The average Bonchev–Trinajstić information content (AvgIpc) is 2.90. The van der Waals surface area contributed by atoms with Gasteiger partial charge in [0.2, 0.25) is 0 Å². The van der Waals surface area contributed by atoms with Crippen LogP contribution in [-0.4, -0.2) is 11.7 Å². The lowest BCUT2D eigenvalue weighted by Gasteiger charge is -2.09. The lowest BCUT2D eigenvalue weighted by Crippen LogP contribution is -2.13. The second-order valence-electron chi connectivity index (χ2n) is 6.05. The predicted octanol–water partition coefficient (Wildman–Crippen LogP) is 4.60. The predicted molar refractivity (Wildman–Crippen MR) is 94.4 cm³/mol. The van der Waals surface area contributed by atoms with Crippen molar-refractivity contribution in [1.29, 1.82) is 0 Å². The van der Waals surface area contributed by atoms with E-state index >= 15 is 0 Å². The van der Waals surface area contributed by atoms with Crippen molar-refractivity contribution in [2.75, 3.05) is 5.32 Å². The van der Waals surface area contributed by atoms with Crippen LogP contribution in [-0.2, 0) is 0 Å². The van der Waals surface area contributed by atoms with Crippen LogP contribution in [0.25, 0.3) is 11.1 Å². The molecule has 0 atom stereocenters. The van der Waals surface area contributed by atoms with Crippen molar-refractivity contribution in [3.05, 3.63) is 88.7 Å². The zero-order valence-corrected chi connectivity index (χ0v) is 13.5. The van der Waals surface area contributed by atoms with Crippen molar-refractivity contribution in [2.24, 2.45) is 0 Å². The monoisotopic (exact) mass is 331 g/mol. The maximum absolute atomic E-state index is 13.2. The van der Waals surface area contributed by atoms with Crippen LogP contribution in [0, 0.1) is 12.7 Å². The number of carbonyl (C=O) groups excluding carboxylic acids is 2. The normalized spacial score (nSPS) is 11.8. The minimum Gasteiger partial charge on any atom is -0.322 e. The lowest BCUT2D eigenvalue weighted by molar-refractivity contribution is 0.102. The molecule has 4 heteroatoms. The van der Waals surface area contributed by atoms with E-state index in [0.717, 1.165) is 11.1 Å². The Labute approximate surface area is 144 Å². The van der Waals surface area contributed by atoms with Gasteiger partial charge in [-0.1, -0.05) is 30.3 Å². The van der Waals surface area contributed by atoms with Crippen LogP contribution in [0.4, 0.5) is 10.1 Å². The maximum atomic E-state index is 13.2. The molecule has 1 aliphatic carbocycles. The number of rotatable bonds is 2. The Kier molecular flexibility index (Phi) is 3.46. The highest BCUT2D eigenvalue weighted by Crippen LogP contribution is 2.36. The highest BCUT2D eigenvalue weighted by atomic mass is 19.1. The van der Waals surface area contributed by atoms with E-state index in [1.165, 1.54) is 18.2 Å². The Morgan fingerprint density at radius 2 is 1.60 bits per heavy atom. The number of nitrogens with one attached hydrogen (secondary N) is 1. The Morgan fingerprint density at radius 3 is 2.36 bits per heavy atom. The standard InChI is InChI=1S/C21H14FNO2/c1-12-10-14(22)7-9-19(12)23-21(25)13-6-8-16-15-4-2-3-5-17(15)20(24)18(16)11-13/h2-11H,1H3,(H,23,25). The molecule has 0 heterocycles. The summed E-state index contributed by atoms with van der Waals surface area (Å²) in [5.74, 6) is -0.754. The van der Waals surface area contributed by atoms with E-state index in [-0.39, 0.29) is 17.5 Å². The quantitative estimate of drug-likeness (QED) is 0.583. The number of amides is 1. The largest absolute Gasteiger partial charge is 0.322 e. The molecule has 0 bridgehead atoms. The third-order valence-corrected chi connectivity index (χ3v) is 4.42. The van der Waals surface area contributed by atoms with E-state index in [4.69, 9.17) is 0 Å². The van der Waals surface area contributed by atoms with Gasteiger partial charge in [0, 0.05) is 22.4 Å². The van der Waals surface area contributed by atoms with Crippen LogP contribution < -0.4 is 5.32 Å². The summed E-state index contributed by atoms with van der Waals surface area (Å²) in [6, 6.07) is 16.7. The molecule has 1 amide bonds. The number of hydrogen-bond donors (Lipinski definition) is 1. The summed E-state index contributed by atoms with van der Waals surface area (Å²) in [7, 11) is 0. The molecule has 0 saturated carbocycles. The molecule has 0 aliphatic heterocycles. The molecular formula is C21H14FNO2. The van der Waals surface area contributed by atoms with Crippen molar-refractivity contribution >= 4 is 17.4 Å². The number of carbonyl (C=O) groups is 2. The van der Waals surface area contributed by atoms with Gasteiger partial charge in [-0.2, -0.15) is 0 Å². The zero-order valence-electron chi connectivity index (χ0n) is 13.5. The van der Waals surface area contributed by atoms with Crippen molar-refractivity contribution in [1.82, 2.24) is 0 Å². The fourth-order valence-corrected chi connectivity index (χ4v) is 3.13. The van der Waals surface area contributed by atoms with E-state index in [1.54, 1.807) is 31.2 Å². The van der Waals surface area contributed by atoms with Crippen molar-refractivity contribution in [3.63, 3.8) is 0 Å². The van der Waals surface area contributed by atoms with Gasteiger partial charge in [-0.3, -0.25) is 9.59 Å². The van der Waals surface area contributed by atoms with Crippen LogP contribution >= 0.6 is 0 Å². The number of hydrogen-bond acceptors (Lipinski definition) is 2. The summed E-state index contributed by atoms with van der Waals surface area (Å²) in [5, 5.41) is 2.76. The highest BCUT2D eigenvalue weighted by Gasteiger charge is 2.27.